The van der Waals surface area contributed by atoms with Gasteiger partial charge in [-0.1, -0.05) is 0 Å². The molecule has 1 heterocycles. The zero-order valence-corrected chi connectivity index (χ0v) is 9.36. The van der Waals surface area contributed by atoms with Gasteiger partial charge in [0.15, 0.2) is 0 Å². The monoisotopic (exact) mass is 202 g/mol. The van der Waals surface area contributed by atoms with Crippen LogP contribution < -0.4 is 5.73 Å². The van der Waals surface area contributed by atoms with E-state index in [0.717, 1.165) is 19.6 Å². The van der Waals surface area contributed by atoms with E-state index in [1.54, 1.807) is 0 Å². The lowest BCUT2D eigenvalue weighted by molar-refractivity contribution is -0.0738. The number of aliphatic hydroxyl groups is 1. The summed E-state index contributed by atoms with van der Waals surface area (Å²) in [5, 5.41) is 9.07. The maximum absolute atomic E-state index is 9.07. The highest BCUT2D eigenvalue weighted by Gasteiger charge is 2.27. The average Bonchev–Trinajstić information content (AvgIpc) is 2.01. The molecule has 14 heavy (non-hydrogen) atoms. The second kappa shape index (κ2) is 4.57. The Bertz CT molecular complexity index is 175. The zero-order chi connectivity index (χ0) is 10.8. The molecule has 0 aromatic rings. The van der Waals surface area contributed by atoms with E-state index in [-0.39, 0.29) is 18.8 Å². The smallest absolute Gasteiger partial charge is 0.0678 e. The number of rotatable bonds is 3. The van der Waals surface area contributed by atoms with Crippen LogP contribution in [0.1, 0.15) is 20.8 Å². The Balaban J connectivity index is 2.44. The lowest BCUT2D eigenvalue weighted by atomic mass is 10.0. The third kappa shape index (κ3) is 3.53. The minimum Gasteiger partial charge on any atom is -0.394 e. The Morgan fingerprint density at radius 2 is 1.93 bits per heavy atom. The van der Waals surface area contributed by atoms with Crippen LogP contribution in [0.5, 0.6) is 0 Å². The number of ether oxygens (including phenoxy) is 1. The van der Waals surface area contributed by atoms with E-state index in [0.29, 0.717) is 0 Å². The third-order valence-corrected chi connectivity index (χ3v) is 2.44. The molecule has 0 saturated carbocycles. The fourth-order valence-electron chi connectivity index (χ4n) is 1.97. The van der Waals surface area contributed by atoms with Gasteiger partial charge in [0, 0.05) is 25.2 Å². The molecule has 4 nitrogen and oxygen atoms in total. The molecule has 3 atom stereocenters. The summed E-state index contributed by atoms with van der Waals surface area (Å²) in [5.41, 5.74) is 5.40. The van der Waals surface area contributed by atoms with Gasteiger partial charge in [-0.25, -0.2) is 0 Å². The zero-order valence-electron chi connectivity index (χ0n) is 9.36. The first-order valence-corrected chi connectivity index (χ1v) is 5.20. The molecule has 1 aliphatic heterocycles. The van der Waals surface area contributed by atoms with Gasteiger partial charge in [0.05, 0.1) is 18.8 Å². The second-order valence-corrected chi connectivity index (χ2v) is 4.76. The Hall–Kier alpha value is -0.160. The number of aliphatic hydroxyl groups excluding tert-OH is 1. The van der Waals surface area contributed by atoms with Gasteiger partial charge in [0.2, 0.25) is 0 Å². The Morgan fingerprint density at radius 3 is 2.36 bits per heavy atom. The van der Waals surface area contributed by atoms with E-state index < -0.39 is 5.54 Å². The van der Waals surface area contributed by atoms with Crippen molar-refractivity contribution in [3.05, 3.63) is 0 Å². The molecule has 84 valence electrons. The summed E-state index contributed by atoms with van der Waals surface area (Å²) < 4.78 is 5.62. The van der Waals surface area contributed by atoms with Crippen molar-refractivity contribution in [3.8, 4) is 0 Å². The summed E-state index contributed by atoms with van der Waals surface area (Å²) in [5.74, 6) is 0. The van der Waals surface area contributed by atoms with Crippen LogP contribution >= 0.6 is 0 Å². The standard InChI is InChI=1S/C10H22N2O2/c1-8-4-12(5-9(2)14-8)6-10(3,11)7-13/h8-9,13H,4-7,11H2,1-3H3/t8-,9+,10?. The molecule has 1 saturated heterocycles. The molecule has 1 fully saturated rings. The van der Waals surface area contributed by atoms with Gasteiger partial charge in [0.1, 0.15) is 0 Å². The molecule has 0 amide bonds. The maximum atomic E-state index is 9.07. The topological polar surface area (TPSA) is 58.7 Å². The van der Waals surface area contributed by atoms with E-state index in [9.17, 15) is 0 Å². The molecule has 4 heteroatoms. The first-order chi connectivity index (χ1) is 6.43. The van der Waals surface area contributed by atoms with Crippen molar-refractivity contribution >= 4 is 0 Å². The van der Waals surface area contributed by atoms with Gasteiger partial charge in [-0.05, 0) is 20.8 Å². The van der Waals surface area contributed by atoms with Crippen molar-refractivity contribution in [2.75, 3.05) is 26.2 Å². The van der Waals surface area contributed by atoms with Crippen molar-refractivity contribution in [3.63, 3.8) is 0 Å². The molecule has 0 radical (unpaired) electrons. The van der Waals surface area contributed by atoms with Crippen molar-refractivity contribution < 1.29 is 9.84 Å². The Labute approximate surface area is 86.0 Å². The third-order valence-electron chi connectivity index (χ3n) is 2.44. The number of morpholine rings is 1. The molecule has 1 rings (SSSR count). The highest BCUT2D eigenvalue weighted by atomic mass is 16.5. The molecule has 3 N–H and O–H groups in total. The predicted molar refractivity (Wildman–Crippen MR) is 56.1 cm³/mol. The van der Waals surface area contributed by atoms with Gasteiger partial charge < -0.3 is 15.6 Å². The van der Waals surface area contributed by atoms with Crippen LogP contribution in [0.3, 0.4) is 0 Å². The highest BCUT2D eigenvalue weighted by molar-refractivity contribution is 4.85. The van der Waals surface area contributed by atoms with Crippen molar-refractivity contribution in [1.82, 2.24) is 4.90 Å². The van der Waals surface area contributed by atoms with E-state index in [4.69, 9.17) is 15.6 Å². The largest absolute Gasteiger partial charge is 0.394 e. The summed E-state index contributed by atoms with van der Waals surface area (Å²) >= 11 is 0. The van der Waals surface area contributed by atoms with Crippen molar-refractivity contribution in [1.29, 1.82) is 0 Å². The number of hydrogen-bond donors (Lipinski definition) is 2. The van der Waals surface area contributed by atoms with Crippen LogP contribution in [0, 0.1) is 0 Å². The van der Waals surface area contributed by atoms with Crippen LogP contribution in [-0.2, 0) is 4.74 Å². The first-order valence-electron chi connectivity index (χ1n) is 5.20. The molecule has 0 bridgehead atoms. The van der Waals surface area contributed by atoms with E-state index >= 15 is 0 Å². The predicted octanol–water partition coefficient (Wildman–Crippen LogP) is -0.195. The molecule has 0 spiro atoms. The average molecular weight is 202 g/mol. The normalized spacial score (nSPS) is 34.1. The summed E-state index contributed by atoms with van der Waals surface area (Å²) in [6.07, 6.45) is 0.515. The Morgan fingerprint density at radius 1 is 1.43 bits per heavy atom. The SMILES string of the molecule is C[C@@H]1CN(CC(C)(N)CO)C[C@H](C)O1. The van der Waals surface area contributed by atoms with Crippen LogP contribution in [0.25, 0.3) is 0 Å². The van der Waals surface area contributed by atoms with Crippen molar-refractivity contribution in [2.24, 2.45) is 5.73 Å². The van der Waals surface area contributed by atoms with Crippen LogP contribution in [-0.4, -0.2) is 54.0 Å². The molecular weight excluding hydrogens is 180 g/mol. The molecule has 1 aliphatic rings. The minimum atomic E-state index is -0.503. The van der Waals surface area contributed by atoms with Crippen LogP contribution in [0.15, 0.2) is 0 Å². The van der Waals surface area contributed by atoms with Gasteiger partial charge >= 0.3 is 0 Å². The quantitative estimate of drug-likeness (QED) is 0.666. The van der Waals surface area contributed by atoms with E-state index in [1.807, 2.05) is 6.92 Å². The van der Waals surface area contributed by atoms with Crippen molar-refractivity contribution in [2.45, 2.75) is 38.5 Å². The molecule has 0 aliphatic carbocycles. The fourth-order valence-corrected chi connectivity index (χ4v) is 1.97. The highest BCUT2D eigenvalue weighted by Crippen LogP contribution is 2.12. The van der Waals surface area contributed by atoms with E-state index in [1.165, 1.54) is 0 Å². The number of hydrogen-bond acceptors (Lipinski definition) is 4. The summed E-state index contributed by atoms with van der Waals surface area (Å²) in [6.45, 7) is 8.55. The summed E-state index contributed by atoms with van der Waals surface area (Å²) in [6, 6.07) is 0. The lowest BCUT2D eigenvalue weighted by Gasteiger charge is -2.39. The van der Waals surface area contributed by atoms with Crippen LogP contribution in [0.4, 0.5) is 0 Å². The van der Waals surface area contributed by atoms with Gasteiger partial charge in [-0.15, -0.1) is 0 Å². The van der Waals surface area contributed by atoms with Crippen LogP contribution in [0.2, 0.25) is 0 Å². The number of nitrogens with two attached hydrogens (primary N) is 1. The van der Waals surface area contributed by atoms with Gasteiger partial charge in [0.25, 0.3) is 0 Å². The maximum Gasteiger partial charge on any atom is 0.0678 e. The minimum absolute atomic E-state index is 0.0210. The molecule has 1 unspecified atom stereocenters. The summed E-state index contributed by atoms with van der Waals surface area (Å²) in [4.78, 5) is 2.26. The van der Waals surface area contributed by atoms with Gasteiger partial charge in [-0.3, -0.25) is 4.90 Å². The summed E-state index contributed by atoms with van der Waals surface area (Å²) in [7, 11) is 0. The number of nitrogens with zero attached hydrogens (tertiary/aromatic N) is 1. The second-order valence-electron chi connectivity index (χ2n) is 4.76. The molecule has 0 aromatic carbocycles. The van der Waals surface area contributed by atoms with Gasteiger partial charge in [-0.2, -0.15) is 0 Å². The molecule has 0 aromatic heterocycles. The van der Waals surface area contributed by atoms with E-state index in [2.05, 4.69) is 18.7 Å². The Kier molecular flexibility index (Phi) is 3.89. The fraction of sp³-hybridized carbons (Fsp3) is 1.00. The lowest BCUT2D eigenvalue weighted by Crippen LogP contribution is -2.55. The molecular formula is C10H22N2O2. The first kappa shape index (κ1) is 11.9.